The van der Waals surface area contributed by atoms with Crippen LogP contribution in [-0.2, 0) is 14.8 Å². The van der Waals surface area contributed by atoms with Crippen molar-refractivity contribution in [2.45, 2.75) is 49.1 Å². The summed E-state index contributed by atoms with van der Waals surface area (Å²) >= 11 is 0. The molecule has 0 aliphatic heterocycles. The molecule has 1 fully saturated rings. The summed E-state index contributed by atoms with van der Waals surface area (Å²) in [6.07, 6.45) is 6.01. The summed E-state index contributed by atoms with van der Waals surface area (Å²) in [5.41, 5.74) is 2.35. The molecule has 0 radical (unpaired) electrons. The number of carbonyl (C=O) groups excluding carboxylic acids is 1. The van der Waals surface area contributed by atoms with Crippen LogP contribution in [0, 0.1) is 17.3 Å². The van der Waals surface area contributed by atoms with E-state index in [0.29, 0.717) is 42.6 Å². The number of benzene rings is 1. The van der Waals surface area contributed by atoms with Gasteiger partial charge in [-0.3, -0.25) is 25.3 Å². The van der Waals surface area contributed by atoms with Crippen molar-refractivity contribution in [2.75, 3.05) is 6.54 Å². The van der Waals surface area contributed by atoms with Gasteiger partial charge in [0.15, 0.2) is 6.19 Å². The molecule has 0 spiro atoms. The molecule has 1 aromatic carbocycles. The standard InChI is InChI=1S/C22H26FN7O4S/c23-16-5-3-4-15(12-16)19-10-9-18(13-26-19)35(33,34)30-20(21(31)29-32)6-1-2-11-25-22(27-14-24)28-17-7-8-17/h3-5,9-10,12-13,17,20,30,32H,1-2,6-8,11H2,(H,29,31)(H2,25,27,28)/t20-/m0/s1. The molecule has 3 rings (SSSR count). The quantitative estimate of drug-likeness (QED) is 0.0583. The molecule has 0 saturated heterocycles. The molecular formula is C22H26FN7O4S. The minimum atomic E-state index is -4.13. The van der Waals surface area contributed by atoms with Crippen molar-refractivity contribution in [1.29, 1.82) is 5.26 Å². The van der Waals surface area contributed by atoms with Crippen LogP contribution < -0.4 is 20.8 Å². The van der Waals surface area contributed by atoms with Crippen LogP contribution in [0.3, 0.4) is 0 Å². The van der Waals surface area contributed by atoms with Gasteiger partial charge in [0.1, 0.15) is 16.8 Å². The summed E-state index contributed by atoms with van der Waals surface area (Å²) in [4.78, 5) is 20.2. The van der Waals surface area contributed by atoms with Gasteiger partial charge in [-0.1, -0.05) is 12.1 Å². The number of hydrogen-bond acceptors (Lipinski definition) is 7. The number of aliphatic imine (C=N–C) groups is 1. The molecule has 1 atom stereocenters. The Morgan fingerprint density at radius 2 is 2.09 bits per heavy atom. The van der Waals surface area contributed by atoms with Gasteiger partial charge < -0.3 is 5.32 Å². The highest BCUT2D eigenvalue weighted by Crippen LogP contribution is 2.20. The van der Waals surface area contributed by atoms with E-state index in [1.54, 1.807) is 6.07 Å². The lowest BCUT2D eigenvalue weighted by atomic mass is 10.1. The number of amides is 1. The Morgan fingerprint density at radius 3 is 2.71 bits per heavy atom. The number of carbonyl (C=O) groups is 1. The zero-order valence-corrected chi connectivity index (χ0v) is 19.6. The largest absolute Gasteiger partial charge is 0.353 e. The Morgan fingerprint density at radius 1 is 1.29 bits per heavy atom. The molecule has 1 amide bonds. The van der Waals surface area contributed by atoms with Gasteiger partial charge in [0.25, 0.3) is 5.91 Å². The second kappa shape index (κ2) is 12.2. The molecule has 1 aliphatic carbocycles. The van der Waals surface area contributed by atoms with Gasteiger partial charge in [0.2, 0.25) is 16.0 Å². The summed E-state index contributed by atoms with van der Waals surface area (Å²) in [6, 6.07) is 7.56. The van der Waals surface area contributed by atoms with Gasteiger partial charge in [-0.05, 0) is 56.4 Å². The fraction of sp³-hybridized carbons (Fsp3) is 0.364. The smallest absolute Gasteiger partial charge is 0.261 e. The van der Waals surface area contributed by atoms with Gasteiger partial charge in [-0.2, -0.15) is 9.98 Å². The van der Waals surface area contributed by atoms with E-state index in [1.165, 1.54) is 35.8 Å². The molecular weight excluding hydrogens is 477 g/mol. The number of rotatable bonds is 11. The van der Waals surface area contributed by atoms with Gasteiger partial charge >= 0.3 is 0 Å². The average molecular weight is 504 g/mol. The highest BCUT2D eigenvalue weighted by atomic mass is 32.2. The number of sulfonamides is 1. The molecule has 1 heterocycles. The molecule has 1 aliphatic rings. The number of nitrogens with one attached hydrogen (secondary N) is 4. The van der Waals surface area contributed by atoms with E-state index in [1.807, 2.05) is 6.19 Å². The SMILES string of the molecule is N#CNC(=NCCCC[C@H](NS(=O)(=O)c1ccc(-c2cccc(F)c2)nc1)C(=O)NO)NC1CC1. The average Bonchev–Trinajstić information content (AvgIpc) is 3.66. The second-order valence-electron chi connectivity index (χ2n) is 7.92. The van der Waals surface area contributed by atoms with Crippen molar-refractivity contribution in [3.8, 4) is 17.5 Å². The third-order valence-corrected chi connectivity index (χ3v) is 6.61. The maximum atomic E-state index is 13.4. The van der Waals surface area contributed by atoms with Crippen molar-refractivity contribution in [1.82, 2.24) is 25.8 Å². The number of nitriles is 1. The third kappa shape index (κ3) is 7.99. The first kappa shape index (κ1) is 26.0. The first-order valence-corrected chi connectivity index (χ1v) is 12.4. The third-order valence-electron chi connectivity index (χ3n) is 5.15. The van der Waals surface area contributed by atoms with Crippen molar-refractivity contribution >= 4 is 21.9 Å². The highest BCUT2D eigenvalue weighted by molar-refractivity contribution is 7.89. The second-order valence-corrected chi connectivity index (χ2v) is 9.63. The predicted octanol–water partition coefficient (Wildman–Crippen LogP) is 1.39. The van der Waals surface area contributed by atoms with Crippen molar-refractivity contribution in [2.24, 2.45) is 4.99 Å². The number of pyridine rings is 1. The summed E-state index contributed by atoms with van der Waals surface area (Å²) in [7, 11) is -4.13. The number of guanidine groups is 1. The van der Waals surface area contributed by atoms with E-state index in [0.717, 1.165) is 19.0 Å². The molecule has 0 unspecified atom stereocenters. The summed E-state index contributed by atoms with van der Waals surface area (Å²) in [6.45, 7) is 0.357. The molecule has 2 aromatic rings. The minimum absolute atomic E-state index is 0.104. The van der Waals surface area contributed by atoms with Crippen molar-refractivity contribution in [3.63, 3.8) is 0 Å². The van der Waals surface area contributed by atoms with Crippen LogP contribution in [0.1, 0.15) is 32.1 Å². The molecule has 5 N–H and O–H groups in total. The molecule has 35 heavy (non-hydrogen) atoms. The number of hydrogen-bond donors (Lipinski definition) is 5. The molecule has 1 aromatic heterocycles. The molecule has 1 saturated carbocycles. The van der Waals surface area contributed by atoms with Gasteiger partial charge in [0, 0.05) is 24.3 Å². The Balaban J connectivity index is 1.58. The Labute approximate surface area is 202 Å². The maximum Gasteiger partial charge on any atom is 0.261 e. The van der Waals surface area contributed by atoms with Crippen LogP contribution in [0.2, 0.25) is 0 Å². The van der Waals surface area contributed by atoms with Crippen LogP contribution in [0.5, 0.6) is 0 Å². The normalized spacial score (nSPS) is 14.6. The lowest BCUT2D eigenvalue weighted by molar-refractivity contribution is -0.131. The summed E-state index contributed by atoms with van der Waals surface area (Å²) in [5, 5.41) is 23.4. The lowest BCUT2D eigenvalue weighted by Crippen LogP contribution is -2.45. The van der Waals surface area contributed by atoms with Crippen LogP contribution in [0.15, 0.2) is 52.5 Å². The van der Waals surface area contributed by atoms with Crippen LogP contribution >= 0.6 is 0 Å². The Hall–Kier alpha value is -3.60. The van der Waals surface area contributed by atoms with Crippen molar-refractivity contribution < 1.29 is 22.8 Å². The van der Waals surface area contributed by atoms with E-state index in [4.69, 9.17) is 10.5 Å². The summed E-state index contributed by atoms with van der Waals surface area (Å²) in [5.74, 6) is -0.957. The zero-order chi connectivity index (χ0) is 25.3. The zero-order valence-electron chi connectivity index (χ0n) is 18.7. The number of nitrogens with zero attached hydrogens (tertiary/aromatic N) is 3. The summed E-state index contributed by atoms with van der Waals surface area (Å²) < 4.78 is 41.3. The number of halogens is 1. The van der Waals surface area contributed by atoms with Crippen molar-refractivity contribution in [3.05, 3.63) is 48.4 Å². The number of aromatic nitrogens is 1. The van der Waals surface area contributed by atoms with Crippen LogP contribution in [-0.4, -0.2) is 49.1 Å². The van der Waals surface area contributed by atoms with E-state index < -0.39 is 27.8 Å². The fourth-order valence-corrected chi connectivity index (χ4v) is 4.36. The van der Waals surface area contributed by atoms with Gasteiger partial charge in [-0.25, -0.2) is 18.3 Å². The topological polar surface area (TPSA) is 169 Å². The Bertz CT molecular complexity index is 1200. The van der Waals surface area contributed by atoms with Crippen LogP contribution in [0.4, 0.5) is 4.39 Å². The molecule has 186 valence electrons. The fourth-order valence-electron chi connectivity index (χ4n) is 3.18. The maximum absolute atomic E-state index is 13.4. The van der Waals surface area contributed by atoms with E-state index in [-0.39, 0.29) is 11.3 Å². The molecule has 0 bridgehead atoms. The lowest BCUT2D eigenvalue weighted by Gasteiger charge is -2.17. The number of unbranched alkanes of at least 4 members (excludes halogenated alkanes) is 1. The molecule has 13 heteroatoms. The van der Waals surface area contributed by atoms with Crippen LogP contribution in [0.25, 0.3) is 11.3 Å². The molecule has 11 nitrogen and oxygen atoms in total. The first-order valence-electron chi connectivity index (χ1n) is 11.0. The van der Waals surface area contributed by atoms with E-state index in [9.17, 15) is 17.6 Å². The van der Waals surface area contributed by atoms with Gasteiger partial charge in [-0.15, -0.1) is 0 Å². The number of hydroxylamine groups is 1. The van der Waals surface area contributed by atoms with Gasteiger partial charge in [0.05, 0.1) is 5.69 Å². The first-order chi connectivity index (χ1) is 16.8. The van der Waals surface area contributed by atoms with E-state index in [2.05, 4.69) is 25.3 Å². The highest BCUT2D eigenvalue weighted by Gasteiger charge is 2.26. The monoisotopic (exact) mass is 503 g/mol. The Kier molecular flexibility index (Phi) is 9.07. The minimum Gasteiger partial charge on any atom is -0.353 e. The predicted molar refractivity (Wildman–Crippen MR) is 125 cm³/mol. The van der Waals surface area contributed by atoms with E-state index >= 15 is 0 Å².